The van der Waals surface area contributed by atoms with Crippen molar-refractivity contribution < 1.29 is 13.2 Å². The van der Waals surface area contributed by atoms with Gasteiger partial charge in [0.15, 0.2) is 0 Å². The summed E-state index contributed by atoms with van der Waals surface area (Å²) >= 11 is 12.2. The highest BCUT2D eigenvalue weighted by Gasteiger charge is 2.25. The fraction of sp³-hybridized carbons (Fsp3) is 0.381. The van der Waals surface area contributed by atoms with Crippen LogP contribution in [0.15, 0.2) is 47.4 Å². The van der Waals surface area contributed by atoms with Crippen LogP contribution in [0.5, 0.6) is 0 Å². The van der Waals surface area contributed by atoms with Crippen molar-refractivity contribution in [3.8, 4) is 0 Å². The molecule has 0 saturated carbocycles. The van der Waals surface area contributed by atoms with Crippen LogP contribution in [-0.4, -0.2) is 68.7 Å². The van der Waals surface area contributed by atoms with Crippen molar-refractivity contribution in [2.24, 2.45) is 0 Å². The Kier molecular flexibility index (Phi) is 7.42. The first kappa shape index (κ1) is 23.0. The van der Waals surface area contributed by atoms with E-state index < -0.39 is 10.0 Å². The zero-order valence-corrected chi connectivity index (χ0v) is 19.3. The van der Waals surface area contributed by atoms with E-state index in [4.69, 9.17) is 23.2 Å². The minimum absolute atomic E-state index is 0.0550. The summed E-state index contributed by atoms with van der Waals surface area (Å²) < 4.78 is 26.0. The van der Waals surface area contributed by atoms with Gasteiger partial charge in [-0.2, -0.15) is 0 Å². The lowest BCUT2D eigenvalue weighted by Gasteiger charge is -2.23. The van der Waals surface area contributed by atoms with Gasteiger partial charge < -0.3 is 4.90 Å². The molecule has 0 aliphatic carbocycles. The summed E-state index contributed by atoms with van der Waals surface area (Å²) in [6.45, 7) is 3.53. The molecule has 1 fully saturated rings. The van der Waals surface area contributed by atoms with E-state index in [1.165, 1.54) is 37.9 Å². The van der Waals surface area contributed by atoms with Gasteiger partial charge in [-0.1, -0.05) is 35.3 Å². The maximum atomic E-state index is 13.1. The first-order chi connectivity index (χ1) is 14.2. The second-order valence-corrected chi connectivity index (χ2v) is 10.5. The van der Waals surface area contributed by atoms with Crippen molar-refractivity contribution in [2.45, 2.75) is 17.9 Å². The molecule has 6 nitrogen and oxygen atoms in total. The van der Waals surface area contributed by atoms with Crippen LogP contribution in [0.25, 0.3) is 0 Å². The maximum absolute atomic E-state index is 13.1. The molecule has 1 aliphatic rings. The summed E-state index contributed by atoms with van der Waals surface area (Å²) in [7, 11) is -0.740. The van der Waals surface area contributed by atoms with E-state index in [0.29, 0.717) is 18.1 Å². The molecule has 2 aromatic carbocycles. The first-order valence-corrected chi connectivity index (χ1v) is 11.9. The van der Waals surface area contributed by atoms with E-state index in [9.17, 15) is 13.2 Å². The lowest BCUT2D eigenvalue weighted by molar-refractivity contribution is 0.0761. The third-order valence-electron chi connectivity index (χ3n) is 5.14. The zero-order valence-electron chi connectivity index (χ0n) is 17.0. The molecule has 0 radical (unpaired) electrons. The molecule has 9 heteroatoms. The minimum Gasteiger partial charge on any atom is -0.337 e. The van der Waals surface area contributed by atoms with Gasteiger partial charge in [-0.15, -0.1) is 0 Å². The SMILES string of the molecule is CN(C)S(=O)(=O)c1ccc(Cl)c(C(=O)N2CCCN(Cc3ccc(Cl)cc3)CC2)c1. The highest BCUT2D eigenvalue weighted by Crippen LogP contribution is 2.24. The van der Waals surface area contributed by atoms with Crippen molar-refractivity contribution in [1.29, 1.82) is 0 Å². The number of rotatable bonds is 5. The van der Waals surface area contributed by atoms with Crippen LogP contribution in [0.2, 0.25) is 10.0 Å². The van der Waals surface area contributed by atoms with E-state index >= 15 is 0 Å². The average molecular weight is 470 g/mol. The number of hydrogen-bond acceptors (Lipinski definition) is 4. The van der Waals surface area contributed by atoms with Gasteiger partial charge in [0.25, 0.3) is 5.91 Å². The highest BCUT2D eigenvalue weighted by atomic mass is 35.5. The molecule has 2 aromatic rings. The maximum Gasteiger partial charge on any atom is 0.255 e. The molecule has 0 N–H and O–H groups in total. The molecule has 3 rings (SSSR count). The smallest absolute Gasteiger partial charge is 0.255 e. The number of carbonyl (C=O) groups is 1. The van der Waals surface area contributed by atoms with Gasteiger partial charge in [0.05, 0.1) is 15.5 Å². The molecule has 0 atom stereocenters. The Hall–Kier alpha value is -1.64. The zero-order chi connectivity index (χ0) is 21.9. The van der Waals surface area contributed by atoms with Crippen LogP contribution in [0.1, 0.15) is 22.3 Å². The monoisotopic (exact) mass is 469 g/mol. The number of sulfonamides is 1. The van der Waals surface area contributed by atoms with E-state index in [-0.39, 0.29) is 21.4 Å². The summed E-state index contributed by atoms with van der Waals surface area (Å²) in [5.41, 5.74) is 1.38. The Morgan fingerprint density at radius 3 is 2.37 bits per heavy atom. The molecule has 1 heterocycles. The number of benzene rings is 2. The third kappa shape index (κ3) is 5.34. The quantitative estimate of drug-likeness (QED) is 0.670. The fourth-order valence-electron chi connectivity index (χ4n) is 3.39. The lowest BCUT2D eigenvalue weighted by Crippen LogP contribution is -2.35. The number of nitrogens with zero attached hydrogens (tertiary/aromatic N) is 3. The van der Waals surface area contributed by atoms with Crippen LogP contribution in [0.4, 0.5) is 0 Å². The average Bonchev–Trinajstić information content (AvgIpc) is 2.95. The van der Waals surface area contributed by atoms with E-state index in [1.807, 2.05) is 24.3 Å². The van der Waals surface area contributed by atoms with Crippen molar-refractivity contribution >= 4 is 39.1 Å². The normalized spacial score (nSPS) is 16.0. The first-order valence-electron chi connectivity index (χ1n) is 9.66. The highest BCUT2D eigenvalue weighted by molar-refractivity contribution is 7.89. The number of hydrogen-bond donors (Lipinski definition) is 0. The summed E-state index contributed by atoms with van der Waals surface area (Å²) in [5, 5.41) is 0.960. The van der Waals surface area contributed by atoms with Crippen LogP contribution >= 0.6 is 23.2 Å². The van der Waals surface area contributed by atoms with E-state index in [2.05, 4.69) is 4.90 Å². The molecular weight excluding hydrogens is 445 g/mol. The molecule has 0 aromatic heterocycles. The predicted molar refractivity (Wildman–Crippen MR) is 120 cm³/mol. The third-order valence-corrected chi connectivity index (χ3v) is 7.53. The van der Waals surface area contributed by atoms with Gasteiger partial charge >= 0.3 is 0 Å². The minimum atomic E-state index is -3.65. The van der Waals surface area contributed by atoms with Gasteiger partial charge in [-0.3, -0.25) is 9.69 Å². The topological polar surface area (TPSA) is 60.9 Å². The van der Waals surface area contributed by atoms with Crippen LogP contribution < -0.4 is 0 Å². The molecule has 1 saturated heterocycles. The van der Waals surface area contributed by atoms with E-state index in [0.717, 1.165) is 30.4 Å². The van der Waals surface area contributed by atoms with Gasteiger partial charge in [0.1, 0.15) is 0 Å². The van der Waals surface area contributed by atoms with Gasteiger partial charge in [0, 0.05) is 51.8 Å². The second kappa shape index (κ2) is 9.66. The van der Waals surface area contributed by atoms with Gasteiger partial charge in [-0.05, 0) is 42.3 Å². The Labute approximate surface area is 188 Å². The summed E-state index contributed by atoms with van der Waals surface area (Å²) in [4.78, 5) is 17.2. The van der Waals surface area contributed by atoms with E-state index in [1.54, 1.807) is 4.90 Å². The Morgan fingerprint density at radius 2 is 1.70 bits per heavy atom. The number of carbonyl (C=O) groups excluding carboxylic acids is 1. The second-order valence-electron chi connectivity index (χ2n) is 7.48. The molecule has 30 heavy (non-hydrogen) atoms. The molecular formula is C21H25Cl2N3O3S. The Morgan fingerprint density at radius 1 is 1.00 bits per heavy atom. The van der Waals surface area contributed by atoms with Gasteiger partial charge in [0.2, 0.25) is 10.0 Å². The summed E-state index contributed by atoms with van der Waals surface area (Å²) in [5.74, 6) is -0.246. The fourth-order valence-corrected chi connectivity index (χ4v) is 4.64. The van der Waals surface area contributed by atoms with Crippen molar-refractivity contribution in [2.75, 3.05) is 40.3 Å². The molecule has 1 amide bonds. The standard InChI is InChI=1S/C21H25Cl2N3O3S/c1-24(2)30(28,29)18-8-9-20(23)19(14-18)21(27)26-11-3-10-25(12-13-26)15-16-4-6-17(22)7-5-16/h4-9,14H,3,10-13,15H2,1-2H3. The summed E-state index contributed by atoms with van der Waals surface area (Å²) in [6, 6.07) is 12.0. The number of halogens is 2. The van der Waals surface area contributed by atoms with Crippen LogP contribution in [0.3, 0.4) is 0 Å². The predicted octanol–water partition coefficient (Wildman–Crippen LogP) is 3.59. The molecule has 0 unspecified atom stereocenters. The molecule has 0 spiro atoms. The van der Waals surface area contributed by atoms with Crippen LogP contribution in [-0.2, 0) is 16.6 Å². The molecule has 1 aliphatic heterocycles. The van der Waals surface area contributed by atoms with Crippen LogP contribution in [0, 0.1) is 0 Å². The molecule has 0 bridgehead atoms. The van der Waals surface area contributed by atoms with Crippen molar-refractivity contribution in [3.63, 3.8) is 0 Å². The largest absolute Gasteiger partial charge is 0.337 e. The Balaban J connectivity index is 1.72. The van der Waals surface area contributed by atoms with Crippen molar-refractivity contribution in [1.82, 2.24) is 14.1 Å². The number of amides is 1. The van der Waals surface area contributed by atoms with Crippen molar-refractivity contribution in [3.05, 3.63) is 63.6 Å². The van der Waals surface area contributed by atoms with Gasteiger partial charge in [-0.25, -0.2) is 12.7 Å². The Bertz CT molecular complexity index is 1010. The lowest BCUT2D eigenvalue weighted by atomic mass is 10.2. The molecule has 162 valence electrons. The summed E-state index contributed by atoms with van der Waals surface area (Å²) in [6.07, 6.45) is 0.826.